The first-order valence-corrected chi connectivity index (χ1v) is 10.3. The summed E-state index contributed by atoms with van der Waals surface area (Å²) in [4.78, 5) is 28.6. The van der Waals surface area contributed by atoms with Gasteiger partial charge in [0, 0.05) is 45.7 Å². The first kappa shape index (κ1) is 23.7. The highest BCUT2D eigenvalue weighted by Gasteiger charge is 2.20. The molecule has 162 valence electrons. The number of nitrogens with one attached hydrogen (secondary N) is 1. The minimum absolute atomic E-state index is 0. The van der Waals surface area contributed by atoms with Gasteiger partial charge in [0.2, 0.25) is 5.91 Å². The Kier molecular flexibility index (Phi) is 9.64. The quantitative estimate of drug-likeness (QED) is 0.675. The van der Waals surface area contributed by atoms with Crippen LogP contribution in [0.2, 0.25) is 0 Å². The average molecular weight is 431 g/mol. The van der Waals surface area contributed by atoms with Crippen LogP contribution < -0.4 is 11.1 Å². The third-order valence-corrected chi connectivity index (χ3v) is 5.30. The lowest BCUT2D eigenvalue weighted by molar-refractivity contribution is -0.130. The zero-order valence-electron chi connectivity index (χ0n) is 17.3. The van der Waals surface area contributed by atoms with Crippen molar-refractivity contribution >= 4 is 24.3 Å². The van der Waals surface area contributed by atoms with Gasteiger partial charge in [-0.25, -0.2) is 4.79 Å². The summed E-state index contributed by atoms with van der Waals surface area (Å²) in [6, 6.07) is 18.2. The number of fused-ring (bicyclic) bond motifs is 1. The Labute approximate surface area is 184 Å². The maximum Gasteiger partial charge on any atom is 0.317 e. The number of amides is 3. The van der Waals surface area contributed by atoms with Crippen LogP contribution in [0, 0.1) is 0 Å². The summed E-state index contributed by atoms with van der Waals surface area (Å²) in [5, 5.41) is 2.89. The number of nitrogens with zero attached hydrogens (tertiary/aromatic N) is 2. The van der Waals surface area contributed by atoms with Crippen molar-refractivity contribution < 1.29 is 9.59 Å². The average Bonchev–Trinajstić information content (AvgIpc) is 2.76. The molecule has 0 aliphatic carbocycles. The monoisotopic (exact) mass is 430 g/mol. The lowest BCUT2D eigenvalue weighted by atomic mass is 10.0. The summed E-state index contributed by atoms with van der Waals surface area (Å²) < 4.78 is 0. The van der Waals surface area contributed by atoms with Crippen molar-refractivity contribution in [2.45, 2.75) is 25.8 Å². The van der Waals surface area contributed by atoms with E-state index in [2.05, 4.69) is 29.6 Å². The second-order valence-corrected chi connectivity index (χ2v) is 7.33. The van der Waals surface area contributed by atoms with E-state index in [1.165, 1.54) is 16.7 Å². The summed E-state index contributed by atoms with van der Waals surface area (Å²) in [7, 11) is 0. The van der Waals surface area contributed by atoms with Gasteiger partial charge in [-0.05, 0) is 29.5 Å². The fraction of sp³-hybridized carbons (Fsp3) is 0.391. The summed E-state index contributed by atoms with van der Waals surface area (Å²) >= 11 is 0. The van der Waals surface area contributed by atoms with Gasteiger partial charge in [-0.3, -0.25) is 4.79 Å². The molecule has 0 unspecified atom stereocenters. The van der Waals surface area contributed by atoms with Gasteiger partial charge in [-0.2, -0.15) is 0 Å². The van der Waals surface area contributed by atoms with Crippen LogP contribution in [0.1, 0.15) is 23.1 Å². The molecule has 6 nitrogen and oxygen atoms in total. The molecule has 2 aromatic rings. The zero-order valence-corrected chi connectivity index (χ0v) is 18.1. The van der Waals surface area contributed by atoms with Crippen molar-refractivity contribution in [3.63, 3.8) is 0 Å². The maximum atomic E-state index is 12.6. The number of halogens is 1. The molecule has 0 saturated heterocycles. The minimum atomic E-state index is -0.109. The van der Waals surface area contributed by atoms with Crippen LogP contribution in [0.5, 0.6) is 0 Å². The highest BCUT2D eigenvalue weighted by Crippen LogP contribution is 2.18. The van der Waals surface area contributed by atoms with Gasteiger partial charge in [0.15, 0.2) is 0 Å². The molecule has 30 heavy (non-hydrogen) atoms. The van der Waals surface area contributed by atoms with Crippen molar-refractivity contribution in [2.75, 3.05) is 32.7 Å². The van der Waals surface area contributed by atoms with Gasteiger partial charge in [0.05, 0.1) is 0 Å². The standard InChI is InChI=1S/C23H30N4O2.ClH/c24-13-17-26(15-11-19-6-2-1-3-7-19)22(28)10-14-25-23(29)27-16-12-20-8-4-5-9-21(20)18-27;/h1-9H,10-18,24H2,(H,25,29);1H. The maximum absolute atomic E-state index is 12.6. The van der Waals surface area contributed by atoms with Crippen molar-refractivity contribution in [3.05, 3.63) is 71.3 Å². The smallest absolute Gasteiger partial charge is 0.317 e. The van der Waals surface area contributed by atoms with Crippen LogP contribution >= 0.6 is 12.4 Å². The van der Waals surface area contributed by atoms with E-state index in [1.807, 2.05) is 30.3 Å². The van der Waals surface area contributed by atoms with Crippen molar-refractivity contribution in [3.8, 4) is 0 Å². The van der Waals surface area contributed by atoms with E-state index in [4.69, 9.17) is 5.73 Å². The Morgan fingerprint density at radius 2 is 1.70 bits per heavy atom. The largest absolute Gasteiger partial charge is 0.341 e. The number of benzene rings is 2. The molecular formula is C23H31ClN4O2. The van der Waals surface area contributed by atoms with Gasteiger partial charge in [-0.1, -0.05) is 54.6 Å². The number of carbonyl (C=O) groups excluding carboxylic acids is 2. The Balaban J connectivity index is 0.00000320. The number of rotatable bonds is 8. The Bertz CT molecular complexity index is 816. The van der Waals surface area contributed by atoms with Crippen LogP contribution in [0.15, 0.2) is 54.6 Å². The minimum Gasteiger partial charge on any atom is -0.341 e. The predicted octanol–water partition coefficient (Wildman–Crippen LogP) is 2.60. The SMILES string of the molecule is Cl.NCCN(CCc1ccccc1)C(=O)CCNC(=O)N1CCc2ccccc2C1. The lowest BCUT2D eigenvalue weighted by Gasteiger charge is -2.29. The van der Waals surface area contributed by atoms with Crippen LogP contribution in [0.25, 0.3) is 0 Å². The number of hydrogen-bond donors (Lipinski definition) is 2. The fourth-order valence-corrected chi connectivity index (χ4v) is 3.64. The molecule has 1 aliphatic rings. The number of carbonyl (C=O) groups is 2. The molecule has 0 spiro atoms. The first-order chi connectivity index (χ1) is 14.2. The molecule has 1 heterocycles. The normalized spacial score (nSPS) is 12.5. The lowest BCUT2D eigenvalue weighted by Crippen LogP contribution is -2.44. The molecule has 3 rings (SSSR count). The second kappa shape index (κ2) is 12.2. The van der Waals surface area contributed by atoms with E-state index in [0.29, 0.717) is 39.3 Å². The number of hydrogen-bond acceptors (Lipinski definition) is 3. The summed E-state index contributed by atoms with van der Waals surface area (Å²) in [6.07, 6.45) is 1.95. The summed E-state index contributed by atoms with van der Waals surface area (Å²) in [5.41, 5.74) is 9.38. The van der Waals surface area contributed by atoms with E-state index < -0.39 is 0 Å². The topological polar surface area (TPSA) is 78.7 Å². The molecule has 2 aromatic carbocycles. The van der Waals surface area contributed by atoms with Gasteiger partial charge in [0.25, 0.3) is 0 Å². The fourth-order valence-electron chi connectivity index (χ4n) is 3.64. The molecule has 0 bridgehead atoms. The van der Waals surface area contributed by atoms with Gasteiger partial charge in [-0.15, -0.1) is 12.4 Å². The van der Waals surface area contributed by atoms with Crippen LogP contribution in [-0.4, -0.2) is 54.5 Å². The van der Waals surface area contributed by atoms with Crippen LogP contribution in [0.4, 0.5) is 4.79 Å². The van der Waals surface area contributed by atoms with Gasteiger partial charge >= 0.3 is 6.03 Å². The zero-order chi connectivity index (χ0) is 20.5. The molecular weight excluding hydrogens is 400 g/mol. The van der Waals surface area contributed by atoms with E-state index in [9.17, 15) is 9.59 Å². The Morgan fingerprint density at radius 3 is 2.43 bits per heavy atom. The van der Waals surface area contributed by atoms with Crippen molar-refractivity contribution in [2.24, 2.45) is 5.73 Å². The molecule has 3 N–H and O–H groups in total. The highest BCUT2D eigenvalue weighted by atomic mass is 35.5. The second-order valence-electron chi connectivity index (χ2n) is 7.33. The van der Waals surface area contributed by atoms with E-state index in [1.54, 1.807) is 9.80 Å². The van der Waals surface area contributed by atoms with Gasteiger partial charge in [0.1, 0.15) is 0 Å². The third kappa shape index (κ3) is 6.75. The number of nitrogens with two attached hydrogens (primary N) is 1. The Morgan fingerprint density at radius 1 is 1.00 bits per heavy atom. The molecule has 7 heteroatoms. The van der Waals surface area contributed by atoms with Crippen LogP contribution in [-0.2, 0) is 24.2 Å². The molecule has 0 atom stereocenters. The Hall–Kier alpha value is -2.57. The molecule has 1 aliphatic heterocycles. The highest BCUT2D eigenvalue weighted by molar-refractivity contribution is 5.85. The molecule has 0 radical (unpaired) electrons. The first-order valence-electron chi connectivity index (χ1n) is 10.3. The molecule has 0 fully saturated rings. The molecule has 3 amide bonds. The van der Waals surface area contributed by atoms with Crippen molar-refractivity contribution in [1.29, 1.82) is 0 Å². The summed E-state index contributed by atoms with van der Waals surface area (Å²) in [6.45, 7) is 3.25. The van der Waals surface area contributed by atoms with Crippen molar-refractivity contribution in [1.82, 2.24) is 15.1 Å². The predicted molar refractivity (Wildman–Crippen MR) is 122 cm³/mol. The van der Waals surface area contributed by atoms with E-state index in [0.717, 1.165) is 12.8 Å². The molecule has 0 aromatic heterocycles. The van der Waals surface area contributed by atoms with E-state index in [-0.39, 0.29) is 30.8 Å². The third-order valence-electron chi connectivity index (χ3n) is 5.30. The number of urea groups is 1. The molecule has 0 saturated carbocycles. The van der Waals surface area contributed by atoms with Gasteiger partial charge < -0.3 is 20.9 Å². The van der Waals surface area contributed by atoms with Crippen LogP contribution in [0.3, 0.4) is 0 Å². The summed E-state index contributed by atoms with van der Waals surface area (Å²) in [5.74, 6) is 0.0238. The van der Waals surface area contributed by atoms with E-state index >= 15 is 0 Å².